The van der Waals surface area contributed by atoms with Gasteiger partial charge in [0.05, 0.1) is 10.3 Å². The SMILES string of the molecule is C[C@H]1CC[C@@](C)(C(=O)NCc2ccccc2S(N)(=O)=O)C1(C)C. The first-order chi connectivity index (χ1) is 10.5. The number of nitrogens with one attached hydrogen (secondary N) is 1. The first-order valence-corrected chi connectivity index (χ1v) is 9.44. The Morgan fingerprint density at radius 2 is 1.91 bits per heavy atom. The second-order valence-corrected chi connectivity index (χ2v) is 8.86. The van der Waals surface area contributed by atoms with Crippen LogP contribution in [-0.4, -0.2) is 14.3 Å². The Hall–Kier alpha value is -1.40. The van der Waals surface area contributed by atoms with Crippen molar-refractivity contribution < 1.29 is 13.2 Å². The van der Waals surface area contributed by atoms with Crippen LogP contribution in [0.1, 0.15) is 46.1 Å². The molecule has 23 heavy (non-hydrogen) atoms. The predicted molar refractivity (Wildman–Crippen MR) is 89.9 cm³/mol. The molecule has 0 radical (unpaired) electrons. The summed E-state index contributed by atoms with van der Waals surface area (Å²) in [7, 11) is -3.80. The van der Waals surface area contributed by atoms with Crippen LogP contribution in [0.5, 0.6) is 0 Å². The van der Waals surface area contributed by atoms with Gasteiger partial charge in [0, 0.05) is 6.54 Å². The topological polar surface area (TPSA) is 89.3 Å². The molecule has 1 saturated carbocycles. The van der Waals surface area contributed by atoms with Crippen molar-refractivity contribution in [2.45, 2.75) is 52.0 Å². The van der Waals surface area contributed by atoms with E-state index in [0.717, 1.165) is 12.8 Å². The molecule has 128 valence electrons. The third-order valence-corrected chi connectivity index (χ3v) is 6.96. The molecule has 6 heteroatoms. The molecule has 1 amide bonds. The summed E-state index contributed by atoms with van der Waals surface area (Å²) in [5, 5.41) is 8.14. The Morgan fingerprint density at radius 3 is 2.43 bits per heavy atom. The molecule has 0 spiro atoms. The van der Waals surface area contributed by atoms with E-state index in [-0.39, 0.29) is 22.8 Å². The zero-order valence-corrected chi connectivity index (χ0v) is 15.0. The molecule has 2 rings (SSSR count). The summed E-state index contributed by atoms with van der Waals surface area (Å²) in [6, 6.07) is 6.48. The number of sulfonamides is 1. The maximum atomic E-state index is 12.8. The van der Waals surface area contributed by atoms with Crippen LogP contribution in [-0.2, 0) is 21.4 Å². The standard InChI is InChI=1S/C17H26N2O3S/c1-12-9-10-17(4,16(12,2)3)15(20)19-11-13-7-5-6-8-14(13)23(18,21)22/h5-8,12H,9-11H2,1-4H3,(H,19,20)(H2,18,21,22)/t12-,17-/m0/s1. The summed E-state index contributed by atoms with van der Waals surface area (Å²) in [6.45, 7) is 8.59. The van der Waals surface area contributed by atoms with Gasteiger partial charge in [-0.3, -0.25) is 4.79 Å². The van der Waals surface area contributed by atoms with Gasteiger partial charge in [-0.15, -0.1) is 0 Å². The molecular formula is C17H26N2O3S. The van der Waals surface area contributed by atoms with Crippen LogP contribution in [0.2, 0.25) is 0 Å². The van der Waals surface area contributed by atoms with Crippen LogP contribution >= 0.6 is 0 Å². The Bertz CT molecular complexity index is 712. The summed E-state index contributed by atoms with van der Waals surface area (Å²) in [5.74, 6) is 0.436. The monoisotopic (exact) mass is 338 g/mol. The van der Waals surface area contributed by atoms with Gasteiger partial charge in [0.25, 0.3) is 0 Å². The molecule has 1 aromatic carbocycles. The molecule has 3 N–H and O–H groups in total. The Kier molecular flexibility index (Phi) is 4.61. The molecule has 0 aromatic heterocycles. The van der Waals surface area contributed by atoms with Crippen molar-refractivity contribution in [2.24, 2.45) is 21.9 Å². The number of hydrogen-bond donors (Lipinski definition) is 2. The number of rotatable bonds is 4. The predicted octanol–water partition coefficient (Wildman–Crippen LogP) is 2.41. The van der Waals surface area contributed by atoms with E-state index in [0.29, 0.717) is 11.5 Å². The van der Waals surface area contributed by atoms with E-state index in [4.69, 9.17) is 5.14 Å². The number of amides is 1. The van der Waals surface area contributed by atoms with E-state index in [1.807, 2.05) is 6.92 Å². The van der Waals surface area contributed by atoms with E-state index in [2.05, 4.69) is 26.1 Å². The fraction of sp³-hybridized carbons (Fsp3) is 0.588. The van der Waals surface area contributed by atoms with E-state index < -0.39 is 15.4 Å². The summed E-state index contributed by atoms with van der Waals surface area (Å²) < 4.78 is 23.3. The molecule has 1 fully saturated rings. The lowest BCUT2D eigenvalue weighted by molar-refractivity contribution is -0.136. The van der Waals surface area contributed by atoms with Crippen LogP contribution < -0.4 is 10.5 Å². The largest absolute Gasteiger partial charge is 0.351 e. The number of carbonyl (C=O) groups is 1. The Balaban J connectivity index is 2.18. The number of benzene rings is 1. The van der Waals surface area contributed by atoms with Gasteiger partial charge in [-0.05, 0) is 35.8 Å². The van der Waals surface area contributed by atoms with Gasteiger partial charge in [0.1, 0.15) is 0 Å². The Morgan fingerprint density at radius 1 is 1.30 bits per heavy atom. The van der Waals surface area contributed by atoms with Gasteiger partial charge in [-0.1, -0.05) is 45.9 Å². The van der Waals surface area contributed by atoms with Crippen molar-refractivity contribution in [2.75, 3.05) is 0 Å². The minimum absolute atomic E-state index is 0.0314. The van der Waals surface area contributed by atoms with Crippen molar-refractivity contribution >= 4 is 15.9 Å². The lowest BCUT2D eigenvalue weighted by atomic mass is 9.65. The molecule has 0 bridgehead atoms. The molecule has 0 unspecified atom stereocenters. The lowest BCUT2D eigenvalue weighted by Gasteiger charge is -2.39. The second-order valence-electron chi connectivity index (χ2n) is 7.33. The second kappa shape index (κ2) is 5.91. The summed E-state index contributed by atoms with van der Waals surface area (Å²) in [5.41, 5.74) is -0.0461. The van der Waals surface area contributed by atoms with Crippen LogP contribution in [0.3, 0.4) is 0 Å². The average molecular weight is 338 g/mol. The smallest absolute Gasteiger partial charge is 0.238 e. The first-order valence-electron chi connectivity index (χ1n) is 7.89. The van der Waals surface area contributed by atoms with Gasteiger partial charge < -0.3 is 5.32 Å². The van der Waals surface area contributed by atoms with Crippen LogP contribution in [0, 0.1) is 16.7 Å². The highest BCUT2D eigenvalue weighted by molar-refractivity contribution is 7.89. The van der Waals surface area contributed by atoms with Crippen LogP contribution in [0.25, 0.3) is 0 Å². The quantitative estimate of drug-likeness (QED) is 0.883. The average Bonchev–Trinajstić information content (AvgIpc) is 2.68. The minimum Gasteiger partial charge on any atom is -0.351 e. The first kappa shape index (κ1) is 17.9. The van der Waals surface area contributed by atoms with Gasteiger partial charge in [0.2, 0.25) is 15.9 Å². The molecular weight excluding hydrogens is 312 g/mol. The van der Waals surface area contributed by atoms with Crippen molar-refractivity contribution in [3.8, 4) is 0 Å². The van der Waals surface area contributed by atoms with Crippen molar-refractivity contribution in [1.82, 2.24) is 5.32 Å². The maximum Gasteiger partial charge on any atom is 0.238 e. The molecule has 1 aromatic rings. The third kappa shape index (κ3) is 3.15. The third-order valence-electron chi connectivity index (χ3n) is 5.95. The highest BCUT2D eigenvalue weighted by Crippen LogP contribution is 2.55. The highest BCUT2D eigenvalue weighted by Gasteiger charge is 2.53. The zero-order chi connectivity index (χ0) is 17.5. The highest BCUT2D eigenvalue weighted by atomic mass is 32.2. The zero-order valence-electron chi connectivity index (χ0n) is 14.2. The molecule has 1 aliphatic rings. The van der Waals surface area contributed by atoms with E-state index in [1.54, 1.807) is 18.2 Å². The van der Waals surface area contributed by atoms with Gasteiger partial charge >= 0.3 is 0 Å². The minimum atomic E-state index is -3.80. The molecule has 0 saturated heterocycles. The summed E-state index contributed by atoms with van der Waals surface area (Å²) in [6.07, 6.45) is 1.86. The number of carbonyl (C=O) groups excluding carboxylic acids is 1. The van der Waals surface area contributed by atoms with Gasteiger partial charge in [0.15, 0.2) is 0 Å². The van der Waals surface area contributed by atoms with E-state index in [1.165, 1.54) is 6.07 Å². The lowest BCUT2D eigenvalue weighted by Crippen LogP contribution is -2.46. The van der Waals surface area contributed by atoms with Gasteiger partial charge in [-0.25, -0.2) is 13.6 Å². The number of primary sulfonamides is 1. The summed E-state index contributed by atoms with van der Waals surface area (Å²) in [4.78, 5) is 12.8. The van der Waals surface area contributed by atoms with Crippen molar-refractivity contribution in [3.63, 3.8) is 0 Å². The molecule has 0 aliphatic heterocycles. The van der Waals surface area contributed by atoms with Crippen LogP contribution in [0.15, 0.2) is 29.2 Å². The van der Waals surface area contributed by atoms with E-state index in [9.17, 15) is 13.2 Å². The number of nitrogens with two attached hydrogens (primary N) is 1. The fourth-order valence-corrected chi connectivity index (χ4v) is 4.21. The number of hydrogen-bond acceptors (Lipinski definition) is 3. The van der Waals surface area contributed by atoms with Crippen LogP contribution in [0.4, 0.5) is 0 Å². The van der Waals surface area contributed by atoms with Crippen molar-refractivity contribution in [3.05, 3.63) is 29.8 Å². The molecule has 0 heterocycles. The fourth-order valence-electron chi connectivity index (χ4n) is 3.44. The summed E-state index contributed by atoms with van der Waals surface area (Å²) >= 11 is 0. The van der Waals surface area contributed by atoms with E-state index >= 15 is 0 Å². The molecule has 5 nitrogen and oxygen atoms in total. The maximum absolute atomic E-state index is 12.8. The van der Waals surface area contributed by atoms with Gasteiger partial charge in [-0.2, -0.15) is 0 Å². The molecule has 2 atom stereocenters. The van der Waals surface area contributed by atoms with Crippen molar-refractivity contribution in [1.29, 1.82) is 0 Å². The Labute approximate surface area is 138 Å². The molecule has 1 aliphatic carbocycles. The normalized spacial score (nSPS) is 26.9.